The Hall–Kier alpha value is -1.52. The van der Waals surface area contributed by atoms with Crippen LogP contribution in [-0.2, 0) is 6.42 Å². The van der Waals surface area contributed by atoms with Gasteiger partial charge in [-0.05, 0) is 36.5 Å². The molecule has 0 spiro atoms. The lowest BCUT2D eigenvalue weighted by Gasteiger charge is -2.18. The minimum atomic E-state index is 0.132. The van der Waals surface area contributed by atoms with Crippen LogP contribution in [0, 0.1) is 5.41 Å². The Labute approximate surface area is 99.0 Å². The maximum Gasteiger partial charge on any atom is -0.00587 e. The lowest BCUT2D eigenvalue weighted by molar-refractivity contribution is 0.478. The van der Waals surface area contributed by atoms with Gasteiger partial charge in [0.25, 0.3) is 0 Å². The maximum atomic E-state index is 3.82. The van der Waals surface area contributed by atoms with Crippen LogP contribution in [0.3, 0.4) is 0 Å². The number of hydrogen-bond acceptors (Lipinski definition) is 0. The molecule has 0 aliphatic rings. The third-order valence-electron chi connectivity index (χ3n) is 2.31. The van der Waals surface area contributed by atoms with Gasteiger partial charge in [-0.2, -0.15) is 0 Å². The summed E-state index contributed by atoms with van der Waals surface area (Å²) in [4.78, 5) is 0. The molecule has 0 amide bonds. The Balaban J connectivity index is 2.72. The molecular weight excluding hydrogens is 192 g/mol. The van der Waals surface area contributed by atoms with Crippen LogP contribution in [0.15, 0.2) is 60.4 Å². The average Bonchev–Trinajstić information content (AvgIpc) is 2.17. The second-order valence-electron chi connectivity index (χ2n) is 4.95. The molecule has 16 heavy (non-hydrogen) atoms. The lowest BCUT2D eigenvalue weighted by atomic mass is 9.86. The van der Waals surface area contributed by atoms with E-state index in [1.165, 1.54) is 5.56 Å². The van der Waals surface area contributed by atoms with Gasteiger partial charge in [-0.25, -0.2) is 0 Å². The molecular formula is C16H20. The average molecular weight is 212 g/mol. The van der Waals surface area contributed by atoms with Crippen molar-refractivity contribution in [3.8, 4) is 0 Å². The fourth-order valence-corrected chi connectivity index (χ4v) is 1.58. The van der Waals surface area contributed by atoms with Gasteiger partial charge in [0.1, 0.15) is 0 Å². The molecule has 1 rings (SSSR count). The van der Waals surface area contributed by atoms with Crippen LogP contribution >= 0.6 is 0 Å². The quantitative estimate of drug-likeness (QED) is 0.507. The van der Waals surface area contributed by atoms with Crippen LogP contribution in [0.1, 0.15) is 26.3 Å². The van der Waals surface area contributed by atoms with E-state index in [-0.39, 0.29) is 5.41 Å². The second-order valence-corrected chi connectivity index (χ2v) is 4.95. The summed E-state index contributed by atoms with van der Waals surface area (Å²) in [6.07, 6.45) is 5.08. The van der Waals surface area contributed by atoms with Gasteiger partial charge in [-0.1, -0.05) is 56.3 Å². The zero-order chi connectivity index (χ0) is 12.0. The summed E-state index contributed by atoms with van der Waals surface area (Å²) in [6, 6.07) is 10.5. The summed E-state index contributed by atoms with van der Waals surface area (Å²) in [5.41, 5.74) is 5.72. The van der Waals surface area contributed by atoms with Gasteiger partial charge in [0.05, 0.1) is 0 Å². The van der Waals surface area contributed by atoms with Crippen LogP contribution in [0.4, 0.5) is 0 Å². The molecule has 0 atom stereocenters. The van der Waals surface area contributed by atoms with E-state index >= 15 is 0 Å². The fraction of sp³-hybridized carbons (Fsp3) is 0.312. The molecule has 0 aromatic heterocycles. The van der Waals surface area contributed by atoms with Gasteiger partial charge in [-0.15, -0.1) is 5.73 Å². The first-order valence-corrected chi connectivity index (χ1v) is 5.63. The normalized spacial score (nSPS) is 10.4. The molecule has 0 saturated carbocycles. The second kappa shape index (κ2) is 5.53. The van der Waals surface area contributed by atoms with Crippen molar-refractivity contribution in [3.63, 3.8) is 0 Å². The van der Waals surface area contributed by atoms with E-state index in [0.717, 1.165) is 12.0 Å². The third-order valence-corrected chi connectivity index (χ3v) is 2.31. The van der Waals surface area contributed by atoms with Gasteiger partial charge in [0, 0.05) is 0 Å². The Morgan fingerprint density at radius 3 is 2.50 bits per heavy atom. The summed E-state index contributed by atoms with van der Waals surface area (Å²) >= 11 is 0. The summed E-state index contributed by atoms with van der Waals surface area (Å²) < 4.78 is 0. The van der Waals surface area contributed by atoms with E-state index < -0.39 is 0 Å². The largest absolute Gasteiger partial charge is 0.124 e. The molecule has 0 nitrogen and oxygen atoms in total. The molecule has 0 aliphatic heterocycles. The molecule has 0 saturated heterocycles. The monoisotopic (exact) mass is 212 g/mol. The highest BCUT2D eigenvalue weighted by Crippen LogP contribution is 2.22. The van der Waals surface area contributed by atoms with E-state index in [2.05, 4.69) is 56.5 Å². The highest BCUT2D eigenvalue weighted by molar-refractivity contribution is 5.18. The molecule has 1 aromatic rings. The van der Waals surface area contributed by atoms with Crippen LogP contribution < -0.4 is 0 Å². The number of benzene rings is 1. The Morgan fingerprint density at radius 2 is 1.94 bits per heavy atom. The van der Waals surface area contributed by atoms with E-state index in [4.69, 9.17) is 0 Å². The molecule has 1 aromatic carbocycles. The van der Waals surface area contributed by atoms with Gasteiger partial charge in [-0.3, -0.25) is 0 Å². The van der Waals surface area contributed by atoms with Crippen LogP contribution in [0.2, 0.25) is 0 Å². The van der Waals surface area contributed by atoms with Crippen molar-refractivity contribution in [2.24, 2.45) is 5.41 Å². The van der Waals surface area contributed by atoms with Crippen molar-refractivity contribution in [1.29, 1.82) is 0 Å². The Kier molecular flexibility index (Phi) is 4.34. The highest BCUT2D eigenvalue weighted by Gasteiger charge is 2.13. The number of rotatable bonds is 4. The lowest BCUT2D eigenvalue weighted by Crippen LogP contribution is -2.10. The molecule has 84 valence electrons. The summed E-state index contributed by atoms with van der Waals surface area (Å²) in [5.74, 6) is 0. The SMILES string of the molecule is C=C(C)C=C=CC(C)(C)Cc1ccccc1. The first-order chi connectivity index (χ1) is 7.49. The molecule has 0 fully saturated rings. The number of hydrogen-bond donors (Lipinski definition) is 0. The summed E-state index contributed by atoms with van der Waals surface area (Å²) in [5, 5.41) is 0. The summed E-state index contributed by atoms with van der Waals surface area (Å²) in [6.45, 7) is 10.2. The standard InChI is InChI=1S/C16H20/c1-14(2)9-8-12-16(3,4)13-15-10-6-5-7-11-15/h5-7,9-12H,1,13H2,2-4H3. The molecule has 0 heterocycles. The van der Waals surface area contributed by atoms with Gasteiger partial charge >= 0.3 is 0 Å². The van der Waals surface area contributed by atoms with Crippen LogP contribution in [0.5, 0.6) is 0 Å². The highest BCUT2D eigenvalue weighted by atomic mass is 14.2. The van der Waals surface area contributed by atoms with Gasteiger partial charge in [0.2, 0.25) is 0 Å². The fourth-order valence-electron chi connectivity index (χ4n) is 1.58. The van der Waals surface area contributed by atoms with E-state index in [0.29, 0.717) is 0 Å². The van der Waals surface area contributed by atoms with Gasteiger partial charge in [0.15, 0.2) is 0 Å². The van der Waals surface area contributed by atoms with Crippen molar-refractivity contribution in [3.05, 3.63) is 65.9 Å². The molecule has 0 unspecified atom stereocenters. The smallest absolute Gasteiger partial charge is 0.00587 e. The van der Waals surface area contributed by atoms with E-state index in [1.807, 2.05) is 19.1 Å². The molecule has 0 N–H and O–H groups in total. The van der Waals surface area contributed by atoms with Crippen molar-refractivity contribution in [1.82, 2.24) is 0 Å². The minimum absolute atomic E-state index is 0.132. The van der Waals surface area contributed by atoms with Crippen LogP contribution in [0.25, 0.3) is 0 Å². The van der Waals surface area contributed by atoms with Crippen molar-refractivity contribution in [2.45, 2.75) is 27.2 Å². The number of allylic oxidation sites excluding steroid dienone is 2. The summed E-state index contributed by atoms with van der Waals surface area (Å²) in [7, 11) is 0. The molecule has 0 aliphatic carbocycles. The maximum absolute atomic E-state index is 3.82. The predicted octanol–water partition coefficient (Wildman–Crippen LogP) is 4.54. The Bertz CT molecular complexity index is 401. The molecule has 0 heteroatoms. The zero-order valence-corrected chi connectivity index (χ0v) is 10.5. The van der Waals surface area contributed by atoms with E-state index in [9.17, 15) is 0 Å². The minimum Gasteiger partial charge on any atom is -0.124 e. The van der Waals surface area contributed by atoms with Crippen molar-refractivity contribution < 1.29 is 0 Å². The topological polar surface area (TPSA) is 0 Å². The first-order valence-electron chi connectivity index (χ1n) is 5.63. The molecule has 0 radical (unpaired) electrons. The van der Waals surface area contributed by atoms with Gasteiger partial charge < -0.3 is 0 Å². The van der Waals surface area contributed by atoms with E-state index in [1.54, 1.807) is 0 Å². The predicted molar refractivity (Wildman–Crippen MR) is 71.4 cm³/mol. The molecule has 0 bridgehead atoms. The van der Waals surface area contributed by atoms with Crippen molar-refractivity contribution >= 4 is 0 Å². The Morgan fingerprint density at radius 1 is 1.31 bits per heavy atom. The van der Waals surface area contributed by atoms with Crippen molar-refractivity contribution in [2.75, 3.05) is 0 Å². The third kappa shape index (κ3) is 4.82. The zero-order valence-electron chi connectivity index (χ0n) is 10.5. The van der Waals surface area contributed by atoms with Crippen LogP contribution in [-0.4, -0.2) is 0 Å². The first kappa shape index (κ1) is 12.5.